The molecule has 0 aliphatic rings. The van der Waals surface area contributed by atoms with Gasteiger partial charge < -0.3 is 15.4 Å². The number of hydrogen-bond donors (Lipinski definition) is 2. The van der Waals surface area contributed by atoms with E-state index in [4.69, 9.17) is 9.73 Å². The van der Waals surface area contributed by atoms with Crippen molar-refractivity contribution in [1.29, 1.82) is 0 Å². The maximum Gasteiger partial charge on any atom is 0.191 e. The first-order valence-electron chi connectivity index (χ1n) is 9.80. The van der Waals surface area contributed by atoms with Gasteiger partial charge in [-0.1, -0.05) is 12.1 Å². The maximum atomic E-state index is 5.41. The van der Waals surface area contributed by atoms with Crippen molar-refractivity contribution >= 4 is 29.9 Å². The van der Waals surface area contributed by atoms with E-state index in [1.165, 1.54) is 5.56 Å². The lowest BCUT2D eigenvalue weighted by Gasteiger charge is -2.12. The van der Waals surface area contributed by atoms with Gasteiger partial charge in [0.2, 0.25) is 0 Å². The first-order chi connectivity index (χ1) is 14.2. The molecule has 0 radical (unpaired) electrons. The van der Waals surface area contributed by atoms with Gasteiger partial charge in [0.05, 0.1) is 13.7 Å². The van der Waals surface area contributed by atoms with Crippen LogP contribution in [0.3, 0.4) is 0 Å². The topological polar surface area (TPSA) is 76.4 Å². The lowest BCUT2D eigenvalue weighted by atomic mass is 10.1. The Morgan fingerprint density at radius 1 is 1.13 bits per heavy atom. The molecule has 0 unspecified atom stereocenters. The summed E-state index contributed by atoms with van der Waals surface area (Å²) in [5, 5.41) is 10.9. The molecule has 0 aliphatic carbocycles. The number of halogens is 1. The highest BCUT2D eigenvalue weighted by atomic mass is 127. The van der Waals surface area contributed by atoms with Crippen LogP contribution in [0.4, 0.5) is 0 Å². The molecule has 0 atom stereocenters. The molecule has 8 heteroatoms. The van der Waals surface area contributed by atoms with Gasteiger partial charge in [-0.25, -0.2) is 14.7 Å². The van der Waals surface area contributed by atoms with Gasteiger partial charge >= 0.3 is 0 Å². The summed E-state index contributed by atoms with van der Waals surface area (Å²) in [5.41, 5.74) is 3.45. The highest BCUT2D eigenvalue weighted by Crippen LogP contribution is 2.19. The minimum atomic E-state index is 0. The molecule has 0 fully saturated rings. The highest BCUT2D eigenvalue weighted by molar-refractivity contribution is 14.0. The molecule has 0 saturated heterocycles. The molecule has 0 aliphatic heterocycles. The first kappa shape index (κ1) is 23.7. The fraction of sp³-hybridized carbons (Fsp3) is 0.318. The molecule has 3 rings (SSSR count). The van der Waals surface area contributed by atoms with Gasteiger partial charge in [-0.15, -0.1) is 24.0 Å². The normalized spacial score (nSPS) is 11.0. The van der Waals surface area contributed by atoms with Gasteiger partial charge in [-0.05, 0) is 61.2 Å². The van der Waals surface area contributed by atoms with Gasteiger partial charge in [-0.2, -0.15) is 5.10 Å². The Balaban J connectivity index is 0.00000320. The van der Waals surface area contributed by atoms with E-state index in [9.17, 15) is 0 Å². The van der Waals surface area contributed by atoms with Gasteiger partial charge in [-0.3, -0.25) is 0 Å². The number of nitrogens with one attached hydrogen (secondary N) is 2. The van der Waals surface area contributed by atoms with Crippen LogP contribution in [0.1, 0.15) is 23.6 Å². The van der Waals surface area contributed by atoms with Gasteiger partial charge in [0.15, 0.2) is 11.8 Å². The van der Waals surface area contributed by atoms with Crippen molar-refractivity contribution in [3.8, 4) is 11.6 Å². The van der Waals surface area contributed by atoms with E-state index in [1.807, 2.05) is 31.3 Å². The Hall–Kier alpha value is -2.62. The summed E-state index contributed by atoms with van der Waals surface area (Å²) < 4.78 is 7.15. The smallest absolute Gasteiger partial charge is 0.191 e. The number of aliphatic imine (C=N–C) groups is 1. The van der Waals surface area contributed by atoms with Crippen LogP contribution in [0.5, 0.6) is 5.75 Å². The Morgan fingerprint density at radius 3 is 2.73 bits per heavy atom. The van der Waals surface area contributed by atoms with E-state index in [2.05, 4.69) is 45.8 Å². The molecular weight excluding hydrogens is 491 g/mol. The van der Waals surface area contributed by atoms with Crippen LogP contribution in [0, 0.1) is 6.92 Å². The number of aromatic nitrogens is 3. The van der Waals surface area contributed by atoms with E-state index < -0.39 is 0 Å². The summed E-state index contributed by atoms with van der Waals surface area (Å²) in [6.07, 6.45) is 6.29. The van der Waals surface area contributed by atoms with Crippen molar-refractivity contribution in [2.24, 2.45) is 4.99 Å². The van der Waals surface area contributed by atoms with E-state index >= 15 is 0 Å². The van der Waals surface area contributed by atoms with Crippen molar-refractivity contribution in [3.05, 3.63) is 71.7 Å². The summed E-state index contributed by atoms with van der Waals surface area (Å²) >= 11 is 0. The minimum absolute atomic E-state index is 0. The SMILES string of the molecule is CCNC(=NCc1ccnc(-n2cccn2)c1)NCCc1ccc(C)c(OC)c1.I. The third-order valence-electron chi connectivity index (χ3n) is 4.49. The van der Waals surface area contributed by atoms with E-state index in [1.54, 1.807) is 24.2 Å². The number of ether oxygens (including phenoxy) is 1. The molecule has 1 aromatic carbocycles. The lowest BCUT2D eigenvalue weighted by molar-refractivity contribution is 0.411. The summed E-state index contributed by atoms with van der Waals surface area (Å²) in [5.74, 6) is 2.51. The van der Waals surface area contributed by atoms with Gasteiger partial charge in [0.1, 0.15) is 5.75 Å². The Morgan fingerprint density at radius 2 is 2.00 bits per heavy atom. The third kappa shape index (κ3) is 6.72. The van der Waals surface area contributed by atoms with Gasteiger partial charge in [0.25, 0.3) is 0 Å². The molecule has 2 N–H and O–H groups in total. The third-order valence-corrected chi connectivity index (χ3v) is 4.49. The quantitative estimate of drug-likeness (QED) is 0.270. The van der Waals surface area contributed by atoms with Crippen molar-refractivity contribution in [3.63, 3.8) is 0 Å². The molecular formula is C22H29IN6O. The number of rotatable bonds is 8. The minimum Gasteiger partial charge on any atom is -0.496 e. The average Bonchev–Trinajstić information content (AvgIpc) is 3.28. The van der Waals surface area contributed by atoms with Crippen LogP contribution in [-0.2, 0) is 13.0 Å². The van der Waals surface area contributed by atoms with Crippen LogP contribution in [0.15, 0.2) is 60.0 Å². The zero-order valence-electron chi connectivity index (χ0n) is 17.6. The standard InChI is InChI=1S/C22H28N6O.HI/c1-4-23-22(25-12-8-18-7-6-17(2)20(14-18)29-3)26-16-19-9-11-24-21(15-19)28-13-5-10-27-28;/h5-7,9-11,13-15H,4,8,12,16H2,1-3H3,(H2,23,25,26);1H. The van der Waals surface area contributed by atoms with Crippen molar-refractivity contribution in [2.75, 3.05) is 20.2 Å². The second-order valence-electron chi connectivity index (χ2n) is 6.65. The summed E-state index contributed by atoms with van der Waals surface area (Å²) in [6, 6.07) is 12.2. The average molecular weight is 520 g/mol. The summed E-state index contributed by atoms with van der Waals surface area (Å²) in [7, 11) is 1.71. The number of nitrogens with zero attached hydrogens (tertiary/aromatic N) is 4. The second kappa shape index (κ2) is 12.2. The van der Waals surface area contributed by atoms with E-state index in [0.29, 0.717) is 6.54 Å². The van der Waals surface area contributed by atoms with E-state index in [0.717, 1.165) is 48.2 Å². The predicted octanol–water partition coefficient (Wildman–Crippen LogP) is 3.50. The highest BCUT2D eigenvalue weighted by Gasteiger charge is 2.03. The zero-order valence-corrected chi connectivity index (χ0v) is 20.0. The van der Waals surface area contributed by atoms with Crippen LogP contribution >= 0.6 is 24.0 Å². The second-order valence-corrected chi connectivity index (χ2v) is 6.65. The molecule has 0 bridgehead atoms. The number of methoxy groups -OCH3 is 1. The number of hydrogen-bond acceptors (Lipinski definition) is 4. The Kier molecular flexibility index (Phi) is 9.59. The van der Waals surface area contributed by atoms with Crippen molar-refractivity contribution < 1.29 is 4.74 Å². The van der Waals surface area contributed by atoms with E-state index in [-0.39, 0.29) is 24.0 Å². The van der Waals surface area contributed by atoms with Crippen LogP contribution in [-0.4, -0.2) is 40.9 Å². The van der Waals surface area contributed by atoms with Crippen LogP contribution in [0.25, 0.3) is 5.82 Å². The molecule has 0 saturated carbocycles. The molecule has 0 amide bonds. The molecule has 30 heavy (non-hydrogen) atoms. The number of pyridine rings is 1. The predicted molar refractivity (Wildman–Crippen MR) is 131 cm³/mol. The fourth-order valence-corrected chi connectivity index (χ4v) is 2.95. The van der Waals surface area contributed by atoms with Crippen molar-refractivity contribution in [1.82, 2.24) is 25.4 Å². The monoisotopic (exact) mass is 520 g/mol. The van der Waals surface area contributed by atoms with Crippen LogP contribution < -0.4 is 15.4 Å². The Bertz CT molecular complexity index is 943. The molecule has 0 spiro atoms. The largest absolute Gasteiger partial charge is 0.496 e. The van der Waals surface area contributed by atoms with Gasteiger partial charge in [0, 0.05) is 31.7 Å². The fourth-order valence-electron chi connectivity index (χ4n) is 2.95. The number of benzene rings is 1. The molecule has 2 heterocycles. The zero-order chi connectivity index (χ0) is 20.5. The van der Waals surface area contributed by atoms with Crippen LogP contribution in [0.2, 0.25) is 0 Å². The molecule has 2 aromatic heterocycles. The molecule has 160 valence electrons. The maximum absolute atomic E-state index is 5.41. The first-order valence-corrected chi connectivity index (χ1v) is 9.80. The number of aryl methyl sites for hydroxylation is 1. The van der Waals surface area contributed by atoms with Crippen molar-refractivity contribution in [2.45, 2.75) is 26.8 Å². The molecule has 3 aromatic rings. The summed E-state index contributed by atoms with van der Waals surface area (Å²) in [4.78, 5) is 9.06. The number of guanidine groups is 1. The Labute approximate surface area is 195 Å². The lowest BCUT2D eigenvalue weighted by Crippen LogP contribution is -2.38. The molecule has 7 nitrogen and oxygen atoms in total. The summed E-state index contributed by atoms with van der Waals surface area (Å²) in [6.45, 7) is 6.26.